The predicted octanol–water partition coefficient (Wildman–Crippen LogP) is 2.56. The molecule has 1 spiro atoms. The summed E-state index contributed by atoms with van der Waals surface area (Å²) in [6.45, 7) is 4.31. The highest BCUT2D eigenvalue weighted by molar-refractivity contribution is 5.69. The Labute approximate surface area is 131 Å². The molecule has 0 aromatic carbocycles. The van der Waals surface area contributed by atoms with Crippen molar-refractivity contribution in [1.29, 1.82) is 0 Å². The van der Waals surface area contributed by atoms with E-state index in [4.69, 9.17) is 20.6 Å². The van der Waals surface area contributed by atoms with Gasteiger partial charge >= 0.3 is 5.97 Å². The number of allylic oxidation sites excluding steroid dienone is 2. The first-order valence-corrected chi connectivity index (χ1v) is 7.41. The molecule has 0 aromatic heterocycles. The van der Waals surface area contributed by atoms with E-state index >= 15 is 0 Å². The number of terminal acetylenes is 1. The van der Waals surface area contributed by atoms with Crippen LogP contribution < -0.4 is 0 Å². The van der Waals surface area contributed by atoms with E-state index in [9.17, 15) is 4.79 Å². The molecule has 1 saturated heterocycles. The number of esters is 1. The molecule has 22 heavy (non-hydrogen) atoms. The first-order valence-electron chi connectivity index (χ1n) is 7.41. The fraction of sp³-hybridized carbons (Fsp3) is 0.500. The van der Waals surface area contributed by atoms with Crippen molar-refractivity contribution < 1.29 is 19.0 Å². The maximum Gasteiger partial charge on any atom is 0.306 e. The summed E-state index contributed by atoms with van der Waals surface area (Å²) < 4.78 is 16.9. The molecule has 2 heterocycles. The van der Waals surface area contributed by atoms with Crippen LogP contribution in [0.3, 0.4) is 0 Å². The van der Waals surface area contributed by atoms with E-state index < -0.39 is 5.79 Å². The van der Waals surface area contributed by atoms with Crippen LogP contribution in [0.15, 0.2) is 24.0 Å². The van der Waals surface area contributed by atoms with E-state index in [2.05, 4.69) is 17.8 Å². The summed E-state index contributed by atoms with van der Waals surface area (Å²) in [5.74, 6) is 7.42. The molecule has 116 valence electrons. The van der Waals surface area contributed by atoms with Crippen LogP contribution in [-0.2, 0) is 19.0 Å². The first-order chi connectivity index (χ1) is 10.5. The van der Waals surface area contributed by atoms with Crippen molar-refractivity contribution in [1.82, 2.24) is 0 Å². The summed E-state index contributed by atoms with van der Waals surface area (Å²) in [5, 5.41) is 0. The third-order valence-electron chi connectivity index (χ3n) is 3.35. The van der Waals surface area contributed by atoms with Crippen molar-refractivity contribution in [3.05, 3.63) is 24.0 Å². The lowest BCUT2D eigenvalue weighted by Gasteiger charge is -2.35. The highest BCUT2D eigenvalue weighted by atomic mass is 16.7. The summed E-state index contributed by atoms with van der Waals surface area (Å²) in [6.07, 6.45) is 11.9. The molecule has 0 N–H and O–H groups in total. The standard InChI is InChI=1S/C18H20O4/c1-4-5-6-7-15-8-10-18(22-15)11-9-16(13-20-18)21-17(19)12-14(2)3/h1,7-8,10,14,16H,9,11-13H2,2-3H3. The number of carbonyl (C=O) groups is 1. The van der Waals surface area contributed by atoms with Crippen LogP contribution in [0, 0.1) is 30.1 Å². The largest absolute Gasteiger partial charge is 0.460 e. The number of hydrogen-bond acceptors (Lipinski definition) is 4. The molecule has 4 heteroatoms. The normalized spacial score (nSPS) is 28.1. The zero-order valence-electron chi connectivity index (χ0n) is 12.9. The average Bonchev–Trinajstić information content (AvgIpc) is 2.84. The van der Waals surface area contributed by atoms with Gasteiger partial charge in [-0.1, -0.05) is 19.8 Å². The van der Waals surface area contributed by atoms with Gasteiger partial charge in [0.2, 0.25) is 5.79 Å². The van der Waals surface area contributed by atoms with E-state index in [0.717, 1.165) is 0 Å². The molecule has 1 fully saturated rings. The summed E-state index contributed by atoms with van der Waals surface area (Å²) in [4.78, 5) is 11.7. The molecule has 0 bridgehead atoms. The second-order valence-electron chi connectivity index (χ2n) is 5.77. The van der Waals surface area contributed by atoms with Gasteiger partial charge in [0.25, 0.3) is 0 Å². The lowest BCUT2D eigenvalue weighted by atomic mass is 10.0. The number of ether oxygens (including phenoxy) is 3. The zero-order chi connectivity index (χ0) is 16.0. The number of hydrogen-bond donors (Lipinski definition) is 0. The van der Waals surface area contributed by atoms with E-state index in [1.807, 2.05) is 26.0 Å². The van der Waals surface area contributed by atoms with Gasteiger partial charge in [0, 0.05) is 18.9 Å². The zero-order valence-corrected chi connectivity index (χ0v) is 12.9. The van der Waals surface area contributed by atoms with Crippen LogP contribution in [0.4, 0.5) is 0 Å². The van der Waals surface area contributed by atoms with Crippen LogP contribution in [0.1, 0.15) is 33.1 Å². The minimum Gasteiger partial charge on any atom is -0.460 e. The summed E-state index contributed by atoms with van der Waals surface area (Å²) in [5.41, 5.74) is 0. The van der Waals surface area contributed by atoms with E-state index in [1.54, 1.807) is 6.08 Å². The Hall–Kier alpha value is -2.17. The van der Waals surface area contributed by atoms with Crippen LogP contribution in [0.25, 0.3) is 0 Å². The van der Waals surface area contributed by atoms with Gasteiger partial charge in [-0.15, -0.1) is 6.42 Å². The molecular weight excluding hydrogens is 280 g/mol. The smallest absolute Gasteiger partial charge is 0.306 e. The van der Waals surface area contributed by atoms with Gasteiger partial charge in [-0.05, 0) is 36.3 Å². The Morgan fingerprint density at radius 1 is 1.64 bits per heavy atom. The highest BCUT2D eigenvalue weighted by Gasteiger charge is 2.40. The van der Waals surface area contributed by atoms with E-state index in [-0.39, 0.29) is 12.1 Å². The lowest BCUT2D eigenvalue weighted by Crippen LogP contribution is -2.41. The summed E-state index contributed by atoms with van der Waals surface area (Å²) in [6, 6.07) is 0. The summed E-state index contributed by atoms with van der Waals surface area (Å²) in [7, 11) is 0. The third kappa shape index (κ3) is 4.41. The molecular formula is C18H20O4. The Morgan fingerprint density at radius 3 is 3.09 bits per heavy atom. The van der Waals surface area contributed by atoms with E-state index in [0.29, 0.717) is 37.5 Å². The van der Waals surface area contributed by atoms with Crippen LogP contribution in [0.2, 0.25) is 0 Å². The predicted molar refractivity (Wildman–Crippen MR) is 82.2 cm³/mol. The highest BCUT2D eigenvalue weighted by Crippen LogP contribution is 2.35. The topological polar surface area (TPSA) is 44.8 Å². The fourth-order valence-corrected chi connectivity index (χ4v) is 2.33. The Kier molecular flexibility index (Phi) is 5.31. The van der Waals surface area contributed by atoms with Crippen molar-refractivity contribution in [2.24, 2.45) is 5.92 Å². The average molecular weight is 300 g/mol. The molecule has 2 rings (SSSR count). The van der Waals surface area contributed by atoms with E-state index in [1.165, 1.54) is 0 Å². The molecule has 2 unspecified atom stereocenters. The molecule has 4 nitrogen and oxygen atoms in total. The van der Waals surface area contributed by atoms with Gasteiger partial charge in [-0.2, -0.15) is 0 Å². The Morgan fingerprint density at radius 2 is 2.45 bits per heavy atom. The second kappa shape index (κ2) is 7.20. The maximum absolute atomic E-state index is 11.7. The first kappa shape index (κ1) is 16.2. The van der Waals surface area contributed by atoms with Crippen molar-refractivity contribution >= 4 is 5.97 Å². The molecule has 2 aliphatic rings. The fourth-order valence-electron chi connectivity index (χ4n) is 2.33. The van der Waals surface area contributed by atoms with Gasteiger partial charge in [-0.3, -0.25) is 4.79 Å². The monoisotopic (exact) mass is 300 g/mol. The molecule has 0 amide bonds. The quantitative estimate of drug-likeness (QED) is 0.593. The second-order valence-corrected chi connectivity index (χ2v) is 5.77. The molecule has 0 saturated carbocycles. The van der Waals surface area contributed by atoms with Crippen LogP contribution >= 0.6 is 0 Å². The number of rotatable bonds is 3. The maximum atomic E-state index is 11.7. The number of carbonyl (C=O) groups excluding carboxylic acids is 1. The van der Waals surface area contributed by atoms with Gasteiger partial charge in [0.05, 0.1) is 6.61 Å². The van der Waals surface area contributed by atoms with Crippen molar-refractivity contribution in [2.45, 2.75) is 45.0 Å². The minimum absolute atomic E-state index is 0.174. The third-order valence-corrected chi connectivity index (χ3v) is 3.35. The van der Waals surface area contributed by atoms with Gasteiger partial charge in [0.1, 0.15) is 11.9 Å². The molecule has 2 aliphatic heterocycles. The van der Waals surface area contributed by atoms with Gasteiger partial charge < -0.3 is 14.2 Å². The van der Waals surface area contributed by atoms with Crippen molar-refractivity contribution in [3.8, 4) is 24.2 Å². The Balaban J connectivity index is 1.83. The SMILES string of the molecule is C#CC#CC=C1C=CC2(CCC(OC(=O)CC(C)C)CO2)O1. The minimum atomic E-state index is -0.759. The van der Waals surface area contributed by atoms with Crippen molar-refractivity contribution in [3.63, 3.8) is 0 Å². The van der Waals surface area contributed by atoms with Crippen LogP contribution in [0.5, 0.6) is 0 Å². The van der Waals surface area contributed by atoms with Crippen molar-refractivity contribution in [2.75, 3.05) is 6.61 Å². The molecule has 0 radical (unpaired) electrons. The van der Waals surface area contributed by atoms with Gasteiger partial charge in [0.15, 0.2) is 0 Å². The Bertz CT molecular complexity index is 572. The lowest BCUT2D eigenvalue weighted by molar-refractivity contribution is -0.221. The molecule has 0 aliphatic carbocycles. The van der Waals surface area contributed by atoms with Gasteiger partial charge in [-0.25, -0.2) is 0 Å². The molecule has 2 atom stereocenters. The molecule has 0 aromatic rings. The van der Waals surface area contributed by atoms with Crippen LogP contribution in [-0.4, -0.2) is 24.5 Å². The summed E-state index contributed by atoms with van der Waals surface area (Å²) >= 11 is 0.